The Hall–Kier alpha value is -4.60. The Bertz CT molecular complexity index is 1890. The number of benzene rings is 3. The smallest absolute Gasteiger partial charge is 0.338 e. The van der Waals surface area contributed by atoms with Crippen molar-refractivity contribution in [2.45, 2.75) is 13.0 Å². The topological polar surface area (TPSA) is 88.3 Å². The summed E-state index contributed by atoms with van der Waals surface area (Å²) in [6.45, 7) is 5.87. The van der Waals surface area contributed by atoms with E-state index in [1.54, 1.807) is 62.6 Å². The van der Waals surface area contributed by atoms with Gasteiger partial charge in [-0.2, -0.15) is 0 Å². The standard InChI is InChI=1S/C33H29ClN2O6S/c1-5-16-42-24-15-13-23(34)17-22(24)19-27-31(37)36-30(21-12-14-25(39-3)26(18-21)40-4)28(32(38)41-6-2)29(35-33(36)43-27)20-10-8-7-9-11-20/h5,7-15,17-19,30H,1,6,16H2,2-4H3/b27-19-/t30-/m0/s1. The SMILES string of the molecule is C=CCOc1ccc(Cl)cc1/C=c1\sc2n(c1=O)[C@@H](c1ccc(OC)c(OC)c1)C(C(=O)OCC)=C(c1ccccc1)N=2. The van der Waals surface area contributed by atoms with Gasteiger partial charge in [0.15, 0.2) is 16.3 Å². The number of ether oxygens (including phenoxy) is 4. The second-order valence-corrected chi connectivity index (χ2v) is 10.8. The van der Waals surface area contributed by atoms with Gasteiger partial charge in [-0.3, -0.25) is 9.36 Å². The third-order valence-corrected chi connectivity index (χ3v) is 7.93. The fourth-order valence-corrected chi connectivity index (χ4v) is 6.00. The largest absolute Gasteiger partial charge is 0.493 e. The molecular formula is C33H29ClN2O6S. The number of hydrogen-bond donors (Lipinski definition) is 0. The second-order valence-electron chi connectivity index (χ2n) is 9.33. The maximum atomic E-state index is 14.2. The van der Waals surface area contributed by atoms with Crippen LogP contribution in [0.15, 0.2) is 94.7 Å². The van der Waals surface area contributed by atoms with E-state index >= 15 is 0 Å². The number of hydrogen-bond acceptors (Lipinski definition) is 8. The first-order valence-corrected chi connectivity index (χ1v) is 14.6. The van der Waals surface area contributed by atoms with Gasteiger partial charge in [-0.1, -0.05) is 72.0 Å². The van der Waals surface area contributed by atoms with Gasteiger partial charge in [0.2, 0.25) is 0 Å². The molecule has 0 saturated carbocycles. The van der Waals surface area contributed by atoms with Crippen molar-refractivity contribution in [1.82, 2.24) is 4.57 Å². The van der Waals surface area contributed by atoms with Crippen LogP contribution in [-0.4, -0.2) is 38.0 Å². The number of methoxy groups -OCH3 is 2. The number of aromatic nitrogens is 1. The molecule has 0 unspecified atom stereocenters. The van der Waals surface area contributed by atoms with E-state index in [2.05, 4.69) is 6.58 Å². The molecule has 8 nitrogen and oxygen atoms in total. The Morgan fingerprint density at radius 3 is 2.49 bits per heavy atom. The first-order valence-electron chi connectivity index (χ1n) is 13.4. The van der Waals surface area contributed by atoms with Crippen LogP contribution >= 0.6 is 22.9 Å². The molecular weight excluding hydrogens is 588 g/mol. The van der Waals surface area contributed by atoms with Crippen molar-refractivity contribution in [2.75, 3.05) is 27.4 Å². The summed E-state index contributed by atoms with van der Waals surface area (Å²) in [5.74, 6) is 0.932. The van der Waals surface area contributed by atoms with Crippen LogP contribution in [-0.2, 0) is 9.53 Å². The van der Waals surface area contributed by atoms with Gasteiger partial charge in [0.25, 0.3) is 5.56 Å². The van der Waals surface area contributed by atoms with Crippen molar-refractivity contribution < 1.29 is 23.7 Å². The average Bonchev–Trinajstić information content (AvgIpc) is 3.34. The summed E-state index contributed by atoms with van der Waals surface area (Å²) < 4.78 is 24.3. The van der Waals surface area contributed by atoms with E-state index in [4.69, 9.17) is 35.5 Å². The lowest BCUT2D eigenvalue weighted by molar-refractivity contribution is -0.138. The molecule has 5 rings (SSSR count). The van der Waals surface area contributed by atoms with Gasteiger partial charge >= 0.3 is 5.97 Å². The number of thiazole rings is 1. The number of carbonyl (C=O) groups excluding carboxylic acids is 1. The van der Waals surface area contributed by atoms with E-state index in [-0.39, 0.29) is 24.3 Å². The van der Waals surface area contributed by atoms with E-state index in [1.165, 1.54) is 23.0 Å². The summed E-state index contributed by atoms with van der Waals surface area (Å²) in [7, 11) is 3.07. The highest BCUT2D eigenvalue weighted by Gasteiger charge is 2.35. The highest BCUT2D eigenvalue weighted by molar-refractivity contribution is 7.07. The Labute approximate surface area is 257 Å². The minimum atomic E-state index is -0.872. The molecule has 0 amide bonds. The monoisotopic (exact) mass is 616 g/mol. The van der Waals surface area contributed by atoms with Crippen LogP contribution < -0.4 is 29.1 Å². The predicted molar refractivity (Wildman–Crippen MR) is 168 cm³/mol. The molecule has 1 aliphatic heterocycles. The molecule has 0 N–H and O–H groups in total. The average molecular weight is 617 g/mol. The minimum Gasteiger partial charge on any atom is -0.493 e. The third-order valence-electron chi connectivity index (χ3n) is 6.71. The van der Waals surface area contributed by atoms with Crippen LogP contribution in [0.3, 0.4) is 0 Å². The molecule has 43 heavy (non-hydrogen) atoms. The number of halogens is 1. The molecule has 1 aliphatic rings. The van der Waals surface area contributed by atoms with Gasteiger partial charge in [0.1, 0.15) is 12.4 Å². The van der Waals surface area contributed by atoms with Crippen molar-refractivity contribution in [2.24, 2.45) is 4.99 Å². The molecule has 2 heterocycles. The van der Waals surface area contributed by atoms with E-state index in [0.717, 1.165) is 0 Å². The Balaban J connectivity index is 1.83. The highest BCUT2D eigenvalue weighted by Crippen LogP contribution is 2.38. The first kappa shape index (κ1) is 29.9. The van der Waals surface area contributed by atoms with E-state index in [0.29, 0.717) is 54.0 Å². The Kier molecular flexibility index (Phi) is 9.13. The molecule has 220 valence electrons. The molecule has 10 heteroatoms. The zero-order valence-electron chi connectivity index (χ0n) is 23.8. The zero-order chi connectivity index (χ0) is 30.5. The van der Waals surface area contributed by atoms with Crippen molar-refractivity contribution in [3.8, 4) is 17.2 Å². The maximum absolute atomic E-state index is 14.2. The molecule has 0 fully saturated rings. The van der Waals surface area contributed by atoms with E-state index in [9.17, 15) is 9.59 Å². The van der Waals surface area contributed by atoms with E-state index in [1.807, 2.05) is 30.3 Å². The summed E-state index contributed by atoms with van der Waals surface area (Å²) in [5.41, 5.74) is 2.27. The molecule has 1 atom stereocenters. The van der Waals surface area contributed by atoms with Gasteiger partial charge in [-0.25, -0.2) is 9.79 Å². The molecule has 0 bridgehead atoms. The summed E-state index contributed by atoms with van der Waals surface area (Å²) in [5, 5.41) is 0.490. The number of fused-ring (bicyclic) bond motifs is 1. The normalized spacial score (nSPS) is 14.5. The quantitative estimate of drug-likeness (QED) is 0.180. The van der Waals surface area contributed by atoms with Gasteiger partial charge in [-0.15, -0.1) is 0 Å². The highest BCUT2D eigenvalue weighted by atomic mass is 35.5. The van der Waals surface area contributed by atoms with Crippen LogP contribution in [0, 0.1) is 0 Å². The maximum Gasteiger partial charge on any atom is 0.338 e. The molecule has 4 aromatic rings. The predicted octanol–water partition coefficient (Wildman–Crippen LogP) is 5.17. The van der Waals surface area contributed by atoms with Gasteiger partial charge in [0.05, 0.1) is 42.7 Å². The van der Waals surface area contributed by atoms with Crippen molar-refractivity contribution in [1.29, 1.82) is 0 Å². The molecule has 0 radical (unpaired) electrons. The minimum absolute atomic E-state index is 0.149. The van der Waals surface area contributed by atoms with Gasteiger partial charge in [0, 0.05) is 16.1 Å². The van der Waals surface area contributed by atoms with Crippen LogP contribution in [0.25, 0.3) is 11.8 Å². The molecule has 0 saturated heterocycles. The molecule has 0 spiro atoms. The summed E-state index contributed by atoms with van der Waals surface area (Å²) in [4.78, 5) is 33.2. The van der Waals surface area contributed by atoms with Gasteiger partial charge in [-0.05, 0) is 48.9 Å². The fourth-order valence-electron chi connectivity index (χ4n) is 4.83. The number of carbonyl (C=O) groups is 1. The molecule has 0 aliphatic carbocycles. The Morgan fingerprint density at radius 2 is 1.79 bits per heavy atom. The summed E-state index contributed by atoms with van der Waals surface area (Å²) in [6.07, 6.45) is 3.35. The lowest BCUT2D eigenvalue weighted by atomic mass is 9.93. The summed E-state index contributed by atoms with van der Waals surface area (Å²) >= 11 is 7.51. The zero-order valence-corrected chi connectivity index (χ0v) is 25.4. The van der Waals surface area contributed by atoms with Gasteiger partial charge < -0.3 is 18.9 Å². The second kappa shape index (κ2) is 13.1. The van der Waals surface area contributed by atoms with Crippen molar-refractivity contribution in [3.63, 3.8) is 0 Å². The molecule has 1 aromatic heterocycles. The van der Waals surface area contributed by atoms with Crippen LogP contribution in [0.4, 0.5) is 0 Å². The Morgan fingerprint density at radius 1 is 1.05 bits per heavy atom. The lowest BCUT2D eigenvalue weighted by Crippen LogP contribution is -2.40. The van der Waals surface area contributed by atoms with Crippen molar-refractivity contribution >= 4 is 40.7 Å². The van der Waals surface area contributed by atoms with Crippen molar-refractivity contribution in [3.05, 3.63) is 126 Å². The number of nitrogens with zero attached hydrogens (tertiary/aromatic N) is 2. The van der Waals surface area contributed by atoms with Crippen LogP contribution in [0.2, 0.25) is 5.02 Å². The van der Waals surface area contributed by atoms with Crippen LogP contribution in [0.5, 0.6) is 17.2 Å². The van der Waals surface area contributed by atoms with Crippen LogP contribution in [0.1, 0.15) is 29.7 Å². The first-order chi connectivity index (χ1) is 20.9. The number of esters is 1. The van der Waals surface area contributed by atoms with E-state index < -0.39 is 12.0 Å². The summed E-state index contributed by atoms with van der Waals surface area (Å²) in [6, 6.07) is 19.0. The fraction of sp³-hybridized carbons (Fsp3) is 0.182. The third kappa shape index (κ3) is 6.00. The lowest BCUT2D eigenvalue weighted by Gasteiger charge is -2.26. The number of rotatable bonds is 10. The molecule has 3 aromatic carbocycles.